The van der Waals surface area contributed by atoms with Gasteiger partial charge in [0.05, 0.1) is 30.2 Å². The second kappa shape index (κ2) is 6.05. The summed E-state index contributed by atoms with van der Waals surface area (Å²) in [5, 5.41) is 4.25. The first-order valence-electron chi connectivity index (χ1n) is 7.14. The van der Waals surface area contributed by atoms with Gasteiger partial charge in [0.1, 0.15) is 0 Å². The molecule has 0 bridgehead atoms. The number of carbonyl (C=O) groups is 1. The molecule has 1 atom stereocenters. The van der Waals surface area contributed by atoms with Crippen LogP contribution >= 0.6 is 0 Å². The molecule has 1 aliphatic heterocycles. The Morgan fingerprint density at radius 1 is 1.43 bits per heavy atom. The van der Waals surface area contributed by atoms with E-state index in [-0.39, 0.29) is 12.0 Å². The van der Waals surface area contributed by atoms with E-state index >= 15 is 0 Å². The largest absolute Gasteiger partial charge is 0.375 e. The average molecular weight is 286 g/mol. The summed E-state index contributed by atoms with van der Waals surface area (Å²) in [7, 11) is 0. The van der Waals surface area contributed by atoms with Gasteiger partial charge in [-0.2, -0.15) is 5.10 Å². The van der Waals surface area contributed by atoms with Crippen LogP contribution in [0.25, 0.3) is 5.69 Å². The molecule has 2 aromatic heterocycles. The van der Waals surface area contributed by atoms with Crippen molar-refractivity contribution in [2.75, 3.05) is 19.7 Å². The predicted molar refractivity (Wildman–Crippen MR) is 77.3 cm³/mol. The van der Waals surface area contributed by atoms with Crippen LogP contribution in [0.3, 0.4) is 0 Å². The molecule has 1 saturated heterocycles. The average Bonchev–Trinajstić information content (AvgIpc) is 3.05. The number of nitrogens with zero attached hydrogens (tertiary/aromatic N) is 4. The zero-order valence-electron chi connectivity index (χ0n) is 12.0. The summed E-state index contributed by atoms with van der Waals surface area (Å²) in [5.74, 6) is 0.0112. The zero-order valence-corrected chi connectivity index (χ0v) is 12.0. The minimum Gasteiger partial charge on any atom is -0.375 e. The third-order valence-corrected chi connectivity index (χ3v) is 3.64. The molecule has 6 heteroatoms. The predicted octanol–water partition coefficient (Wildman–Crippen LogP) is 1.52. The number of rotatable bonds is 3. The van der Waals surface area contributed by atoms with Gasteiger partial charge in [0.25, 0.3) is 5.91 Å². The lowest BCUT2D eigenvalue weighted by molar-refractivity contribution is -0.0226. The maximum absolute atomic E-state index is 12.5. The van der Waals surface area contributed by atoms with E-state index in [0.717, 1.165) is 12.1 Å². The number of pyridine rings is 1. The van der Waals surface area contributed by atoms with Crippen molar-refractivity contribution >= 4 is 5.91 Å². The van der Waals surface area contributed by atoms with Gasteiger partial charge in [0.15, 0.2) is 0 Å². The molecule has 1 fully saturated rings. The number of hydrogen-bond donors (Lipinski definition) is 0. The first-order valence-corrected chi connectivity index (χ1v) is 7.14. The number of aromatic nitrogens is 3. The van der Waals surface area contributed by atoms with Crippen molar-refractivity contribution in [3.05, 3.63) is 42.5 Å². The zero-order chi connectivity index (χ0) is 14.7. The molecule has 3 rings (SSSR count). The Balaban J connectivity index is 1.75. The summed E-state index contributed by atoms with van der Waals surface area (Å²) >= 11 is 0. The van der Waals surface area contributed by atoms with Crippen LogP contribution in [0.4, 0.5) is 0 Å². The summed E-state index contributed by atoms with van der Waals surface area (Å²) in [5.41, 5.74) is 1.49. The highest BCUT2D eigenvalue weighted by atomic mass is 16.5. The van der Waals surface area contributed by atoms with Crippen molar-refractivity contribution in [1.82, 2.24) is 19.7 Å². The molecule has 1 aliphatic rings. The minimum absolute atomic E-state index is 0.0112. The molecule has 21 heavy (non-hydrogen) atoms. The van der Waals surface area contributed by atoms with Crippen LogP contribution in [0.1, 0.15) is 23.7 Å². The third-order valence-electron chi connectivity index (χ3n) is 3.64. The quantitative estimate of drug-likeness (QED) is 0.858. The lowest BCUT2D eigenvalue weighted by Gasteiger charge is -2.32. The van der Waals surface area contributed by atoms with Gasteiger partial charge in [-0.15, -0.1) is 0 Å². The Morgan fingerprint density at radius 3 is 3.00 bits per heavy atom. The lowest BCUT2D eigenvalue weighted by Crippen LogP contribution is -2.45. The van der Waals surface area contributed by atoms with Crippen molar-refractivity contribution in [3.63, 3.8) is 0 Å². The molecule has 0 N–H and O–H groups in total. The molecule has 1 unspecified atom stereocenters. The normalized spacial score (nSPS) is 18.7. The Kier molecular flexibility index (Phi) is 3.96. The number of hydrogen-bond acceptors (Lipinski definition) is 4. The molecule has 110 valence electrons. The fourth-order valence-corrected chi connectivity index (χ4v) is 2.40. The number of amides is 1. The fraction of sp³-hybridized carbons (Fsp3) is 0.400. The SMILES string of the molecule is CCC1CN(C(=O)c2cnn(-c3ccncc3)c2)CCO1. The maximum atomic E-state index is 12.5. The van der Waals surface area contributed by atoms with E-state index in [1.54, 1.807) is 29.5 Å². The topological polar surface area (TPSA) is 60.2 Å². The fourth-order valence-electron chi connectivity index (χ4n) is 2.40. The van der Waals surface area contributed by atoms with Gasteiger partial charge in [-0.25, -0.2) is 4.68 Å². The van der Waals surface area contributed by atoms with Gasteiger partial charge in [-0.05, 0) is 18.6 Å². The van der Waals surface area contributed by atoms with Gasteiger partial charge in [-0.1, -0.05) is 6.92 Å². The van der Waals surface area contributed by atoms with E-state index in [1.807, 2.05) is 17.0 Å². The summed E-state index contributed by atoms with van der Waals surface area (Å²) in [4.78, 5) is 18.3. The van der Waals surface area contributed by atoms with Crippen LogP contribution in [-0.2, 0) is 4.74 Å². The smallest absolute Gasteiger partial charge is 0.257 e. The summed E-state index contributed by atoms with van der Waals surface area (Å²) in [6.07, 6.45) is 7.82. The molecular weight excluding hydrogens is 268 g/mol. The molecule has 1 amide bonds. The van der Waals surface area contributed by atoms with Gasteiger partial charge in [0.2, 0.25) is 0 Å². The molecular formula is C15H18N4O2. The molecule has 0 aromatic carbocycles. The summed E-state index contributed by atoms with van der Waals surface area (Å²) in [6, 6.07) is 3.70. The van der Waals surface area contributed by atoms with Crippen LogP contribution in [-0.4, -0.2) is 51.4 Å². The highest BCUT2D eigenvalue weighted by Gasteiger charge is 2.24. The summed E-state index contributed by atoms with van der Waals surface area (Å²) < 4.78 is 7.28. The summed E-state index contributed by atoms with van der Waals surface area (Å²) in [6.45, 7) is 3.95. The van der Waals surface area contributed by atoms with Gasteiger partial charge in [-0.3, -0.25) is 9.78 Å². The van der Waals surface area contributed by atoms with Crippen molar-refractivity contribution < 1.29 is 9.53 Å². The van der Waals surface area contributed by atoms with E-state index in [0.29, 0.717) is 25.3 Å². The van der Waals surface area contributed by atoms with Crippen molar-refractivity contribution in [3.8, 4) is 5.69 Å². The highest BCUT2D eigenvalue weighted by Crippen LogP contribution is 2.13. The number of ether oxygens (including phenoxy) is 1. The van der Waals surface area contributed by atoms with Gasteiger partial charge in [0, 0.05) is 31.7 Å². The van der Waals surface area contributed by atoms with Crippen LogP contribution < -0.4 is 0 Å². The second-order valence-electron chi connectivity index (χ2n) is 5.03. The minimum atomic E-state index is 0.0112. The van der Waals surface area contributed by atoms with E-state index < -0.39 is 0 Å². The maximum Gasteiger partial charge on any atom is 0.257 e. The van der Waals surface area contributed by atoms with E-state index in [1.165, 1.54) is 0 Å². The number of morpholine rings is 1. The van der Waals surface area contributed by atoms with E-state index in [9.17, 15) is 4.79 Å². The Labute approximate surface area is 123 Å². The molecule has 0 aliphatic carbocycles. The molecule has 2 aromatic rings. The van der Waals surface area contributed by atoms with Crippen LogP contribution in [0, 0.1) is 0 Å². The first kappa shape index (κ1) is 13.8. The van der Waals surface area contributed by atoms with E-state index in [4.69, 9.17) is 4.74 Å². The highest BCUT2D eigenvalue weighted by molar-refractivity contribution is 5.93. The van der Waals surface area contributed by atoms with Crippen molar-refractivity contribution in [2.24, 2.45) is 0 Å². The van der Waals surface area contributed by atoms with Crippen molar-refractivity contribution in [2.45, 2.75) is 19.4 Å². The monoisotopic (exact) mass is 286 g/mol. The van der Waals surface area contributed by atoms with E-state index in [2.05, 4.69) is 17.0 Å². The number of carbonyl (C=O) groups excluding carboxylic acids is 1. The molecule has 3 heterocycles. The second-order valence-corrected chi connectivity index (χ2v) is 5.03. The Morgan fingerprint density at radius 2 is 2.24 bits per heavy atom. The van der Waals surface area contributed by atoms with Crippen molar-refractivity contribution in [1.29, 1.82) is 0 Å². The Bertz CT molecular complexity index is 611. The standard InChI is InChI=1S/C15H18N4O2/c1-2-14-11-18(7-8-21-14)15(20)12-9-17-19(10-12)13-3-5-16-6-4-13/h3-6,9-10,14H,2,7-8,11H2,1H3. The molecule has 0 saturated carbocycles. The van der Waals surface area contributed by atoms with Crippen LogP contribution in [0.15, 0.2) is 36.9 Å². The van der Waals surface area contributed by atoms with Crippen LogP contribution in [0.5, 0.6) is 0 Å². The first-order chi connectivity index (χ1) is 10.3. The molecule has 6 nitrogen and oxygen atoms in total. The lowest BCUT2D eigenvalue weighted by atomic mass is 10.2. The molecule has 0 spiro atoms. The Hall–Kier alpha value is -2.21. The third kappa shape index (κ3) is 2.95. The van der Waals surface area contributed by atoms with Crippen LogP contribution in [0.2, 0.25) is 0 Å². The van der Waals surface area contributed by atoms with Gasteiger partial charge >= 0.3 is 0 Å². The molecule has 0 radical (unpaired) electrons. The van der Waals surface area contributed by atoms with Gasteiger partial charge < -0.3 is 9.64 Å².